The average molecular weight is 377 g/mol. The van der Waals surface area contributed by atoms with Gasteiger partial charge in [0.2, 0.25) is 5.91 Å². The second-order valence-corrected chi connectivity index (χ2v) is 9.10. The predicted octanol–water partition coefficient (Wildman–Crippen LogP) is 4.52. The molecule has 25 heavy (non-hydrogen) atoms. The number of hydrogen-bond acceptors (Lipinski definition) is 5. The largest absolute Gasteiger partial charge is 0.323 e. The molecule has 0 aromatic carbocycles. The van der Waals surface area contributed by atoms with Crippen molar-refractivity contribution in [2.45, 2.75) is 74.4 Å². The lowest BCUT2D eigenvalue weighted by Crippen LogP contribution is -2.45. The Bertz CT molecular complexity index is 704. The highest BCUT2D eigenvalue weighted by Gasteiger charge is 2.33. The van der Waals surface area contributed by atoms with E-state index >= 15 is 0 Å². The first-order valence-corrected chi connectivity index (χ1v) is 10.9. The molecule has 0 aliphatic heterocycles. The van der Waals surface area contributed by atoms with E-state index < -0.39 is 0 Å². The highest BCUT2D eigenvalue weighted by Crippen LogP contribution is 2.39. The van der Waals surface area contributed by atoms with Gasteiger partial charge in [0.05, 0.1) is 5.25 Å². The molecule has 134 valence electrons. The number of rotatable bonds is 6. The van der Waals surface area contributed by atoms with Gasteiger partial charge in [0.1, 0.15) is 0 Å². The normalized spacial score (nSPS) is 19.7. The molecule has 1 atom stereocenters. The van der Waals surface area contributed by atoms with Crippen LogP contribution in [0.3, 0.4) is 0 Å². The lowest BCUT2D eigenvalue weighted by Gasteiger charge is -2.34. The Morgan fingerprint density at radius 2 is 2.04 bits per heavy atom. The zero-order valence-corrected chi connectivity index (χ0v) is 16.1. The number of carbonyl (C=O) groups is 1. The summed E-state index contributed by atoms with van der Waals surface area (Å²) in [6.45, 7) is 2.00. The van der Waals surface area contributed by atoms with Gasteiger partial charge < -0.3 is 4.57 Å². The van der Waals surface area contributed by atoms with Crippen molar-refractivity contribution in [3.8, 4) is 0 Å². The molecule has 2 aliphatic carbocycles. The molecular weight excluding hydrogens is 352 g/mol. The SMILES string of the molecule is C[C@H](Sc1nccn1C1CC1)C(=O)N(c1nccs1)C1CCCCC1. The van der Waals surface area contributed by atoms with Gasteiger partial charge in [-0.15, -0.1) is 11.3 Å². The number of thiazole rings is 1. The van der Waals surface area contributed by atoms with Crippen LogP contribution in [0.2, 0.25) is 0 Å². The predicted molar refractivity (Wildman–Crippen MR) is 102 cm³/mol. The maximum atomic E-state index is 13.3. The smallest absolute Gasteiger partial charge is 0.242 e. The first-order chi connectivity index (χ1) is 12.2. The van der Waals surface area contributed by atoms with Gasteiger partial charge in [-0.2, -0.15) is 0 Å². The fraction of sp³-hybridized carbons (Fsp3) is 0.611. The molecule has 4 rings (SSSR count). The molecule has 2 saturated carbocycles. The molecule has 7 heteroatoms. The Balaban J connectivity index is 1.51. The molecule has 0 spiro atoms. The second kappa shape index (κ2) is 7.50. The Morgan fingerprint density at radius 3 is 2.72 bits per heavy atom. The summed E-state index contributed by atoms with van der Waals surface area (Å²) in [5.74, 6) is 0.164. The van der Waals surface area contributed by atoms with Crippen LogP contribution in [0.4, 0.5) is 5.13 Å². The number of carbonyl (C=O) groups excluding carboxylic acids is 1. The van der Waals surface area contributed by atoms with Crippen LogP contribution in [0.25, 0.3) is 0 Å². The fourth-order valence-electron chi connectivity index (χ4n) is 3.53. The summed E-state index contributed by atoms with van der Waals surface area (Å²) < 4.78 is 2.22. The van der Waals surface area contributed by atoms with E-state index in [0.29, 0.717) is 12.1 Å². The van der Waals surface area contributed by atoms with Gasteiger partial charge in [0.15, 0.2) is 10.3 Å². The molecule has 2 aromatic heterocycles. The summed E-state index contributed by atoms with van der Waals surface area (Å²) >= 11 is 3.14. The van der Waals surface area contributed by atoms with E-state index in [1.807, 2.05) is 29.6 Å². The minimum Gasteiger partial charge on any atom is -0.323 e. The lowest BCUT2D eigenvalue weighted by molar-refractivity contribution is -0.118. The highest BCUT2D eigenvalue weighted by molar-refractivity contribution is 8.00. The highest BCUT2D eigenvalue weighted by atomic mass is 32.2. The number of anilines is 1. The monoisotopic (exact) mass is 376 g/mol. The van der Waals surface area contributed by atoms with E-state index in [2.05, 4.69) is 14.5 Å². The quantitative estimate of drug-likeness (QED) is 0.696. The van der Waals surface area contributed by atoms with Crippen LogP contribution in [0.15, 0.2) is 29.1 Å². The van der Waals surface area contributed by atoms with Gasteiger partial charge in [-0.3, -0.25) is 9.69 Å². The van der Waals surface area contributed by atoms with Crippen LogP contribution >= 0.6 is 23.1 Å². The van der Waals surface area contributed by atoms with Crippen molar-refractivity contribution in [3.05, 3.63) is 24.0 Å². The van der Waals surface area contributed by atoms with Gasteiger partial charge in [0.25, 0.3) is 0 Å². The molecule has 2 aromatic rings. The molecule has 0 unspecified atom stereocenters. The number of imidazole rings is 1. The van der Waals surface area contributed by atoms with Gasteiger partial charge in [-0.1, -0.05) is 31.0 Å². The molecule has 0 N–H and O–H groups in total. The third-order valence-electron chi connectivity index (χ3n) is 5.01. The summed E-state index contributed by atoms with van der Waals surface area (Å²) in [5, 5.41) is 3.60. The van der Waals surface area contributed by atoms with Crippen molar-refractivity contribution < 1.29 is 4.79 Å². The van der Waals surface area contributed by atoms with Crippen LogP contribution in [0.5, 0.6) is 0 Å². The van der Waals surface area contributed by atoms with E-state index in [0.717, 1.165) is 23.1 Å². The van der Waals surface area contributed by atoms with Crippen molar-refractivity contribution in [3.63, 3.8) is 0 Å². The van der Waals surface area contributed by atoms with Crippen molar-refractivity contribution in [2.75, 3.05) is 4.90 Å². The van der Waals surface area contributed by atoms with Crippen LogP contribution < -0.4 is 4.90 Å². The fourth-order valence-corrected chi connectivity index (χ4v) is 5.23. The minimum absolute atomic E-state index is 0.161. The van der Waals surface area contributed by atoms with Gasteiger partial charge >= 0.3 is 0 Å². The maximum Gasteiger partial charge on any atom is 0.242 e. The zero-order valence-electron chi connectivity index (χ0n) is 14.5. The summed E-state index contributed by atoms with van der Waals surface area (Å²) in [6.07, 6.45) is 14.0. The van der Waals surface area contributed by atoms with Crippen molar-refractivity contribution in [2.24, 2.45) is 0 Å². The van der Waals surface area contributed by atoms with Crippen LogP contribution in [-0.2, 0) is 4.79 Å². The average Bonchev–Trinajstić information content (AvgIpc) is 3.14. The Hall–Kier alpha value is -1.34. The van der Waals surface area contributed by atoms with E-state index in [1.165, 1.54) is 32.1 Å². The van der Waals surface area contributed by atoms with Crippen molar-refractivity contribution in [1.29, 1.82) is 0 Å². The summed E-state index contributed by atoms with van der Waals surface area (Å²) in [4.78, 5) is 24.2. The molecule has 0 saturated heterocycles. The Kier molecular flexibility index (Phi) is 5.12. The summed E-state index contributed by atoms with van der Waals surface area (Å²) in [7, 11) is 0. The maximum absolute atomic E-state index is 13.3. The van der Waals surface area contributed by atoms with E-state index in [4.69, 9.17) is 0 Å². The molecule has 5 nitrogen and oxygen atoms in total. The van der Waals surface area contributed by atoms with Crippen LogP contribution in [-0.4, -0.2) is 31.7 Å². The molecule has 2 heterocycles. The zero-order chi connectivity index (χ0) is 17.2. The third-order valence-corrected chi connectivity index (χ3v) is 6.86. The molecule has 0 bridgehead atoms. The first kappa shape index (κ1) is 17.1. The minimum atomic E-state index is -0.161. The first-order valence-electron chi connectivity index (χ1n) is 9.16. The summed E-state index contributed by atoms with van der Waals surface area (Å²) in [6, 6.07) is 0.874. The van der Waals surface area contributed by atoms with Gasteiger partial charge in [-0.25, -0.2) is 9.97 Å². The Labute approximate surface area is 156 Å². The molecular formula is C18H24N4OS2. The Morgan fingerprint density at radius 1 is 1.24 bits per heavy atom. The van der Waals surface area contributed by atoms with Crippen LogP contribution in [0, 0.1) is 0 Å². The third kappa shape index (κ3) is 3.77. The second-order valence-electron chi connectivity index (χ2n) is 6.92. The molecule has 2 fully saturated rings. The van der Waals surface area contributed by atoms with Gasteiger partial charge in [-0.05, 0) is 32.6 Å². The number of nitrogens with zero attached hydrogens (tertiary/aromatic N) is 4. The number of amides is 1. The topological polar surface area (TPSA) is 51.0 Å². The molecule has 1 amide bonds. The number of aromatic nitrogens is 3. The van der Waals surface area contributed by atoms with Gasteiger partial charge in [0, 0.05) is 36.1 Å². The standard InChI is InChI=1S/C18H24N4OS2/c1-13(25-17-19-9-11-21(17)14-7-8-14)16(23)22(18-20-10-12-24-18)15-5-3-2-4-6-15/h9-15H,2-8H2,1H3/t13-/m0/s1. The van der Waals surface area contributed by atoms with Crippen molar-refractivity contribution >= 4 is 34.1 Å². The van der Waals surface area contributed by atoms with Crippen LogP contribution in [0.1, 0.15) is 57.9 Å². The van der Waals surface area contributed by atoms with E-state index in [-0.39, 0.29) is 11.2 Å². The molecule has 0 radical (unpaired) electrons. The summed E-state index contributed by atoms with van der Waals surface area (Å²) in [5.41, 5.74) is 0. The van der Waals surface area contributed by atoms with Crippen molar-refractivity contribution in [1.82, 2.24) is 14.5 Å². The van der Waals surface area contributed by atoms with E-state index in [9.17, 15) is 4.79 Å². The number of hydrogen-bond donors (Lipinski definition) is 0. The molecule has 2 aliphatic rings. The lowest BCUT2D eigenvalue weighted by atomic mass is 9.94. The number of thioether (sulfide) groups is 1. The van der Waals surface area contributed by atoms with E-state index in [1.54, 1.807) is 29.3 Å².